The molecule has 3 nitrogen and oxygen atoms in total. The van der Waals surface area contributed by atoms with Gasteiger partial charge in [0.25, 0.3) is 0 Å². The Bertz CT molecular complexity index is 2420. The van der Waals surface area contributed by atoms with E-state index in [0.717, 1.165) is 62.0 Å². The zero-order valence-electron chi connectivity index (χ0n) is 32.6. The molecule has 0 aliphatic carbocycles. The van der Waals surface area contributed by atoms with Crippen molar-refractivity contribution in [2.24, 2.45) is 0 Å². The van der Waals surface area contributed by atoms with Crippen molar-refractivity contribution in [1.82, 2.24) is 0 Å². The molecule has 7 rings (SSSR count). The average molecular weight is 717 g/mol. The van der Waals surface area contributed by atoms with Crippen LogP contribution in [0.4, 0.5) is 34.1 Å². The quantitative estimate of drug-likeness (QED) is 0.124. The first-order chi connectivity index (χ1) is 26.7. The van der Waals surface area contributed by atoms with Crippen LogP contribution in [-0.4, -0.2) is 7.11 Å². The summed E-state index contributed by atoms with van der Waals surface area (Å²) in [6.07, 6.45) is 8.69. The Morgan fingerprint density at radius 3 is 1.00 bits per heavy atom. The van der Waals surface area contributed by atoms with Crippen LogP contribution in [-0.2, 0) is 0 Å². The van der Waals surface area contributed by atoms with Crippen LogP contribution in [0.15, 0.2) is 158 Å². The van der Waals surface area contributed by atoms with Gasteiger partial charge in [0.2, 0.25) is 0 Å². The van der Waals surface area contributed by atoms with Gasteiger partial charge >= 0.3 is 0 Å². The number of aryl methyl sites for hydroxylation is 5. The second kappa shape index (κ2) is 16.6. The summed E-state index contributed by atoms with van der Waals surface area (Å²) < 4.78 is 5.48. The van der Waals surface area contributed by atoms with Crippen molar-refractivity contribution in [3.8, 4) is 5.75 Å². The Labute approximate surface area is 327 Å². The molecule has 0 saturated heterocycles. The third-order valence-corrected chi connectivity index (χ3v) is 10.00. The standard InChI is InChI=1S/C52H48N2O/c1-37-7-24-46(25-8-37)53(51-33-11-39(3)35-40(51)4)48-28-20-44(21-29-48)18-16-42-12-14-43(15-13-42)17-19-45-22-30-49(31-23-45)54(47-26-9-38(2)10-27-47)52-34-32-50(55-6)36-41(52)5/h7-36H,1-6H3/b18-16+,19-17+. The van der Waals surface area contributed by atoms with E-state index < -0.39 is 0 Å². The summed E-state index contributed by atoms with van der Waals surface area (Å²) >= 11 is 0. The van der Waals surface area contributed by atoms with Gasteiger partial charge in [-0.15, -0.1) is 0 Å². The van der Waals surface area contributed by atoms with E-state index in [1.54, 1.807) is 7.11 Å². The molecule has 55 heavy (non-hydrogen) atoms. The van der Waals surface area contributed by atoms with E-state index in [2.05, 4.69) is 220 Å². The molecule has 7 aromatic rings. The fraction of sp³-hybridized carbons (Fsp3) is 0.115. The van der Waals surface area contributed by atoms with Crippen LogP contribution in [0.25, 0.3) is 24.3 Å². The Kier molecular flexibility index (Phi) is 11.1. The first kappa shape index (κ1) is 36.8. The molecule has 0 radical (unpaired) electrons. The number of ether oxygens (including phenoxy) is 1. The average Bonchev–Trinajstić information content (AvgIpc) is 3.20. The van der Waals surface area contributed by atoms with Crippen molar-refractivity contribution in [2.45, 2.75) is 34.6 Å². The molecule has 0 unspecified atom stereocenters. The lowest BCUT2D eigenvalue weighted by Crippen LogP contribution is -2.11. The molecule has 0 aromatic heterocycles. The lowest BCUT2D eigenvalue weighted by Gasteiger charge is -2.27. The molecule has 0 spiro atoms. The van der Waals surface area contributed by atoms with Crippen LogP contribution >= 0.6 is 0 Å². The highest BCUT2D eigenvalue weighted by Crippen LogP contribution is 2.39. The zero-order chi connectivity index (χ0) is 38.3. The van der Waals surface area contributed by atoms with Gasteiger partial charge in [-0.25, -0.2) is 0 Å². The predicted molar refractivity (Wildman–Crippen MR) is 237 cm³/mol. The molecule has 0 aliphatic heterocycles. The topological polar surface area (TPSA) is 15.7 Å². The van der Waals surface area contributed by atoms with Crippen molar-refractivity contribution in [2.75, 3.05) is 16.9 Å². The number of hydrogen-bond donors (Lipinski definition) is 0. The Morgan fingerprint density at radius 2 is 0.655 bits per heavy atom. The van der Waals surface area contributed by atoms with Crippen LogP contribution in [0.2, 0.25) is 0 Å². The monoisotopic (exact) mass is 716 g/mol. The summed E-state index contributed by atoms with van der Waals surface area (Å²) in [6, 6.07) is 56.5. The van der Waals surface area contributed by atoms with Gasteiger partial charge in [-0.1, -0.05) is 126 Å². The summed E-state index contributed by atoms with van der Waals surface area (Å²) in [4.78, 5) is 4.64. The molecule has 0 amide bonds. The lowest BCUT2D eigenvalue weighted by molar-refractivity contribution is 0.414. The fourth-order valence-corrected chi connectivity index (χ4v) is 6.88. The molecule has 272 valence electrons. The van der Waals surface area contributed by atoms with E-state index in [1.807, 2.05) is 6.07 Å². The molecule has 0 aliphatic rings. The van der Waals surface area contributed by atoms with Crippen molar-refractivity contribution in [3.63, 3.8) is 0 Å². The van der Waals surface area contributed by atoms with E-state index in [4.69, 9.17) is 4.74 Å². The Morgan fingerprint density at radius 1 is 0.345 bits per heavy atom. The van der Waals surface area contributed by atoms with E-state index in [-0.39, 0.29) is 0 Å². The SMILES string of the molecule is COc1ccc(N(c2ccc(C)cc2)c2ccc(/C=C/c3ccc(/C=C/c4ccc(N(c5ccc(C)cc5)c5ccc(C)cc5C)cc4)cc3)cc2)c(C)c1. The molecule has 0 heterocycles. The minimum Gasteiger partial charge on any atom is -0.497 e. The minimum absolute atomic E-state index is 0.857. The van der Waals surface area contributed by atoms with Crippen LogP contribution in [0.1, 0.15) is 50.1 Å². The predicted octanol–water partition coefficient (Wildman–Crippen LogP) is 14.5. The first-order valence-corrected chi connectivity index (χ1v) is 18.9. The Hall–Kier alpha value is -6.58. The maximum atomic E-state index is 5.48. The van der Waals surface area contributed by atoms with Gasteiger partial charge in [0.05, 0.1) is 7.11 Å². The van der Waals surface area contributed by atoms with Crippen molar-refractivity contribution in [1.29, 1.82) is 0 Å². The molecule has 7 aromatic carbocycles. The minimum atomic E-state index is 0.857. The molecular formula is C52H48N2O. The zero-order valence-corrected chi connectivity index (χ0v) is 32.6. The summed E-state index contributed by atoms with van der Waals surface area (Å²) in [7, 11) is 1.71. The third kappa shape index (κ3) is 8.80. The summed E-state index contributed by atoms with van der Waals surface area (Å²) in [5.41, 5.74) is 17.6. The summed E-state index contributed by atoms with van der Waals surface area (Å²) in [6.45, 7) is 10.7. The molecular weight excluding hydrogens is 669 g/mol. The van der Waals surface area contributed by atoms with Crippen molar-refractivity contribution >= 4 is 58.4 Å². The van der Waals surface area contributed by atoms with Crippen LogP contribution in [0.5, 0.6) is 5.75 Å². The van der Waals surface area contributed by atoms with Gasteiger partial charge in [0.15, 0.2) is 0 Å². The maximum absolute atomic E-state index is 5.48. The molecule has 0 bridgehead atoms. The molecule has 3 heteroatoms. The fourth-order valence-electron chi connectivity index (χ4n) is 6.88. The molecule has 0 atom stereocenters. The summed E-state index contributed by atoms with van der Waals surface area (Å²) in [5.74, 6) is 0.857. The Balaban J connectivity index is 1.04. The second-order valence-corrected chi connectivity index (χ2v) is 14.3. The van der Waals surface area contributed by atoms with Crippen LogP contribution in [0, 0.1) is 34.6 Å². The van der Waals surface area contributed by atoms with E-state index in [9.17, 15) is 0 Å². The van der Waals surface area contributed by atoms with Crippen molar-refractivity contribution < 1.29 is 4.74 Å². The van der Waals surface area contributed by atoms with Gasteiger partial charge in [-0.05, 0) is 141 Å². The van der Waals surface area contributed by atoms with Crippen molar-refractivity contribution in [3.05, 3.63) is 208 Å². The number of rotatable bonds is 11. The number of hydrogen-bond acceptors (Lipinski definition) is 3. The molecule has 0 saturated carbocycles. The van der Waals surface area contributed by atoms with Gasteiger partial charge in [0.1, 0.15) is 5.75 Å². The van der Waals surface area contributed by atoms with Crippen LogP contribution < -0.4 is 14.5 Å². The van der Waals surface area contributed by atoms with E-state index in [1.165, 1.54) is 27.9 Å². The number of benzene rings is 7. The van der Waals surface area contributed by atoms with E-state index in [0.29, 0.717) is 0 Å². The highest BCUT2D eigenvalue weighted by atomic mass is 16.5. The van der Waals surface area contributed by atoms with Crippen LogP contribution in [0.3, 0.4) is 0 Å². The molecule has 0 fully saturated rings. The lowest BCUT2D eigenvalue weighted by atomic mass is 10.1. The maximum Gasteiger partial charge on any atom is 0.119 e. The highest BCUT2D eigenvalue weighted by Gasteiger charge is 2.16. The smallest absolute Gasteiger partial charge is 0.119 e. The summed E-state index contributed by atoms with van der Waals surface area (Å²) in [5, 5.41) is 0. The third-order valence-electron chi connectivity index (χ3n) is 10.00. The van der Waals surface area contributed by atoms with E-state index >= 15 is 0 Å². The van der Waals surface area contributed by atoms with Gasteiger partial charge < -0.3 is 14.5 Å². The second-order valence-electron chi connectivity index (χ2n) is 14.3. The first-order valence-electron chi connectivity index (χ1n) is 18.9. The largest absolute Gasteiger partial charge is 0.497 e. The molecule has 0 N–H and O–H groups in total. The van der Waals surface area contributed by atoms with Gasteiger partial charge in [0, 0.05) is 34.1 Å². The highest BCUT2D eigenvalue weighted by molar-refractivity contribution is 5.82. The number of anilines is 6. The van der Waals surface area contributed by atoms with Gasteiger partial charge in [-0.3, -0.25) is 0 Å². The van der Waals surface area contributed by atoms with Gasteiger partial charge in [-0.2, -0.15) is 0 Å². The number of nitrogens with zero attached hydrogens (tertiary/aromatic N) is 2. The number of methoxy groups -OCH3 is 1. The normalized spacial score (nSPS) is 11.3.